The lowest BCUT2D eigenvalue weighted by molar-refractivity contribution is -0.898. The minimum atomic E-state index is -2.38. The van der Waals surface area contributed by atoms with E-state index in [0.717, 1.165) is 4.48 Å². The minimum Gasteiger partial charge on any atom is -0.328 e. The van der Waals surface area contributed by atoms with Gasteiger partial charge in [0.25, 0.3) is 5.92 Å². The molecule has 0 radical (unpaired) electrons. The molecule has 0 unspecified atom stereocenters. The lowest BCUT2D eigenvalue weighted by Crippen LogP contribution is -2.49. The van der Waals surface area contributed by atoms with Gasteiger partial charge in [-0.25, -0.2) is 8.78 Å². The van der Waals surface area contributed by atoms with Crippen LogP contribution in [0.1, 0.15) is 12.8 Å². The molecule has 0 aromatic rings. The molecule has 1 heterocycles. The summed E-state index contributed by atoms with van der Waals surface area (Å²) in [7, 11) is 3.99. The Hall–Kier alpha value is -0.180. The summed E-state index contributed by atoms with van der Waals surface area (Å²) in [6.45, 7) is 1.21. The summed E-state index contributed by atoms with van der Waals surface area (Å²) in [5.41, 5.74) is 0. The van der Waals surface area contributed by atoms with E-state index in [9.17, 15) is 8.78 Å². The van der Waals surface area contributed by atoms with E-state index in [-0.39, 0.29) is 12.8 Å². The van der Waals surface area contributed by atoms with Crippen LogP contribution in [0, 0.1) is 0 Å². The van der Waals surface area contributed by atoms with E-state index in [2.05, 4.69) is 0 Å². The molecule has 0 spiro atoms. The summed E-state index contributed by atoms with van der Waals surface area (Å²) < 4.78 is 25.8. The molecule has 10 heavy (non-hydrogen) atoms. The number of piperidine rings is 1. The van der Waals surface area contributed by atoms with E-state index in [1.54, 1.807) is 0 Å². The van der Waals surface area contributed by atoms with Gasteiger partial charge in [-0.05, 0) is 0 Å². The monoisotopic (exact) mass is 150 g/mol. The number of hydrogen-bond acceptors (Lipinski definition) is 0. The van der Waals surface area contributed by atoms with Crippen LogP contribution < -0.4 is 0 Å². The second-order valence-electron chi connectivity index (χ2n) is 3.74. The second kappa shape index (κ2) is 2.16. The van der Waals surface area contributed by atoms with E-state index in [4.69, 9.17) is 0 Å². The van der Waals surface area contributed by atoms with Crippen LogP contribution in [0.15, 0.2) is 0 Å². The molecular formula is C7H14F2N+. The smallest absolute Gasteiger partial charge is 0.258 e. The van der Waals surface area contributed by atoms with Crippen molar-refractivity contribution in [3.05, 3.63) is 0 Å². The molecule has 0 bridgehead atoms. The minimum absolute atomic E-state index is 0.0556. The van der Waals surface area contributed by atoms with Crippen LogP contribution in [-0.4, -0.2) is 37.6 Å². The normalized spacial score (nSPS) is 30.0. The number of alkyl halides is 2. The molecule has 0 saturated carbocycles. The fourth-order valence-corrected chi connectivity index (χ4v) is 1.17. The van der Waals surface area contributed by atoms with Crippen LogP contribution in [0.2, 0.25) is 0 Å². The molecule has 3 heteroatoms. The van der Waals surface area contributed by atoms with Gasteiger partial charge in [-0.1, -0.05) is 0 Å². The van der Waals surface area contributed by atoms with Crippen LogP contribution >= 0.6 is 0 Å². The molecule has 1 aliphatic rings. The van der Waals surface area contributed by atoms with Crippen molar-refractivity contribution in [3.63, 3.8) is 0 Å². The van der Waals surface area contributed by atoms with Crippen molar-refractivity contribution in [2.75, 3.05) is 27.2 Å². The first-order chi connectivity index (χ1) is 4.41. The first-order valence-corrected chi connectivity index (χ1v) is 3.61. The lowest BCUT2D eigenvalue weighted by atomic mass is 10.1. The van der Waals surface area contributed by atoms with Gasteiger partial charge in [0.15, 0.2) is 0 Å². The Morgan fingerprint density at radius 3 is 1.80 bits per heavy atom. The van der Waals surface area contributed by atoms with Gasteiger partial charge in [0.1, 0.15) is 0 Å². The predicted octanol–water partition coefficient (Wildman–Crippen LogP) is 1.49. The van der Waals surface area contributed by atoms with Crippen molar-refractivity contribution in [3.8, 4) is 0 Å². The Labute approximate surface area is 60.2 Å². The average molecular weight is 150 g/mol. The molecule has 0 aromatic carbocycles. The third-order valence-electron chi connectivity index (χ3n) is 2.17. The van der Waals surface area contributed by atoms with Gasteiger partial charge in [-0.3, -0.25) is 0 Å². The third-order valence-corrected chi connectivity index (χ3v) is 2.17. The number of nitrogens with zero attached hydrogens (tertiary/aromatic N) is 1. The van der Waals surface area contributed by atoms with Crippen molar-refractivity contribution < 1.29 is 13.3 Å². The number of hydrogen-bond donors (Lipinski definition) is 0. The molecule has 1 nitrogen and oxygen atoms in total. The summed E-state index contributed by atoms with van der Waals surface area (Å²) >= 11 is 0. The van der Waals surface area contributed by atoms with Gasteiger partial charge < -0.3 is 4.48 Å². The zero-order valence-electron chi connectivity index (χ0n) is 6.53. The summed E-state index contributed by atoms with van der Waals surface area (Å²) in [6.07, 6.45) is 0.111. The summed E-state index contributed by atoms with van der Waals surface area (Å²) in [4.78, 5) is 0. The first-order valence-electron chi connectivity index (χ1n) is 3.61. The van der Waals surface area contributed by atoms with Gasteiger partial charge in [-0.2, -0.15) is 0 Å². The van der Waals surface area contributed by atoms with Crippen LogP contribution in [-0.2, 0) is 0 Å². The Morgan fingerprint density at radius 2 is 1.50 bits per heavy atom. The fraction of sp³-hybridized carbons (Fsp3) is 1.00. The van der Waals surface area contributed by atoms with Crippen molar-refractivity contribution in [2.24, 2.45) is 0 Å². The lowest BCUT2D eigenvalue weighted by Gasteiger charge is -2.36. The molecular weight excluding hydrogens is 136 g/mol. The molecule has 1 rings (SSSR count). The molecule has 1 fully saturated rings. The maximum Gasteiger partial charge on any atom is 0.258 e. The van der Waals surface area contributed by atoms with E-state index in [0.29, 0.717) is 13.1 Å². The number of rotatable bonds is 0. The highest BCUT2D eigenvalue weighted by Gasteiger charge is 2.38. The maximum absolute atomic E-state index is 12.5. The SMILES string of the molecule is C[N+]1(C)CCC(F)(F)CC1. The van der Waals surface area contributed by atoms with Gasteiger partial charge in [0, 0.05) is 0 Å². The van der Waals surface area contributed by atoms with Crippen LogP contribution in [0.3, 0.4) is 0 Å². The standard InChI is InChI=1S/C7H14F2N/c1-10(2)5-3-7(8,9)4-6-10/h3-6H2,1-2H3/q+1. The molecule has 0 aliphatic carbocycles. The molecule has 0 atom stereocenters. The molecule has 1 saturated heterocycles. The summed E-state index contributed by atoms with van der Waals surface area (Å²) in [6, 6.07) is 0. The number of likely N-dealkylation sites (tertiary alicyclic amines) is 1. The molecule has 60 valence electrons. The molecule has 0 amide bonds. The average Bonchev–Trinajstić information content (AvgIpc) is 1.79. The van der Waals surface area contributed by atoms with Crippen LogP contribution in [0.4, 0.5) is 8.78 Å². The van der Waals surface area contributed by atoms with E-state index >= 15 is 0 Å². The maximum atomic E-state index is 12.5. The molecule has 1 aliphatic heterocycles. The Kier molecular flexibility index (Phi) is 1.71. The van der Waals surface area contributed by atoms with E-state index in [1.807, 2.05) is 14.1 Å². The van der Waals surface area contributed by atoms with Gasteiger partial charge in [0.05, 0.1) is 40.0 Å². The number of halogens is 2. The molecule has 0 N–H and O–H groups in total. The van der Waals surface area contributed by atoms with Crippen molar-refractivity contribution in [2.45, 2.75) is 18.8 Å². The Balaban J connectivity index is 2.46. The quantitative estimate of drug-likeness (QED) is 0.459. The highest BCUT2D eigenvalue weighted by Crippen LogP contribution is 2.29. The topological polar surface area (TPSA) is 0 Å². The zero-order valence-corrected chi connectivity index (χ0v) is 6.53. The van der Waals surface area contributed by atoms with Crippen molar-refractivity contribution in [1.29, 1.82) is 0 Å². The highest BCUT2D eigenvalue weighted by molar-refractivity contribution is 4.69. The fourth-order valence-electron chi connectivity index (χ4n) is 1.17. The molecule has 0 aromatic heterocycles. The number of quaternary nitrogens is 1. The van der Waals surface area contributed by atoms with Gasteiger partial charge >= 0.3 is 0 Å². The zero-order chi connectivity index (χ0) is 7.83. The Bertz CT molecular complexity index is 104. The van der Waals surface area contributed by atoms with Gasteiger partial charge in [0.2, 0.25) is 0 Å². The Morgan fingerprint density at radius 1 is 1.10 bits per heavy atom. The van der Waals surface area contributed by atoms with Crippen LogP contribution in [0.25, 0.3) is 0 Å². The van der Waals surface area contributed by atoms with Gasteiger partial charge in [-0.15, -0.1) is 0 Å². The third kappa shape index (κ3) is 1.90. The summed E-state index contributed by atoms with van der Waals surface area (Å²) in [5.74, 6) is -2.38. The van der Waals surface area contributed by atoms with E-state index in [1.165, 1.54) is 0 Å². The van der Waals surface area contributed by atoms with E-state index < -0.39 is 5.92 Å². The summed E-state index contributed by atoms with van der Waals surface area (Å²) in [5, 5.41) is 0. The highest BCUT2D eigenvalue weighted by atomic mass is 19.3. The van der Waals surface area contributed by atoms with Crippen molar-refractivity contribution >= 4 is 0 Å². The second-order valence-corrected chi connectivity index (χ2v) is 3.74. The largest absolute Gasteiger partial charge is 0.328 e. The predicted molar refractivity (Wildman–Crippen MR) is 36.0 cm³/mol. The van der Waals surface area contributed by atoms with Crippen molar-refractivity contribution in [1.82, 2.24) is 0 Å². The van der Waals surface area contributed by atoms with Crippen LogP contribution in [0.5, 0.6) is 0 Å². The first kappa shape index (κ1) is 7.92.